The minimum Gasteiger partial charge on any atom is -0.481 e. The maximum absolute atomic E-state index is 12.3. The summed E-state index contributed by atoms with van der Waals surface area (Å²) in [6.45, 7) is 5.79. The molecule has 1 aromatic carbocycles. The van der Waals surface area contributed by atoms with E-state index in [-0.39, 0.29) is 5.91 Å². The first kappa shape index (κ1) is 18.1. The van der Waals surface area contributed by atoms with Crippen molar-refractivity contribution in [2.75, 3.05) is 31.6 Å². The van der Waals surface area contributed by atoms with Crippen LogP contribution < -0.4 is 10.1 Å². The summed E-state index contributed by atoms with van der Waals surface area (Å²) in [7, 11) is 0. The van der Waals surface area contributed by atoms with E-state index in [9.17, 15) is 4.79 Å². The van der Waals surface area contributed by atoms with Crippen LogP contribution in [0.5, 0.6) is 5.75 Å². The van der Waals surface area contributed by atoms with Gasteiger partial charge in [-0.25, -0.2) is 4.98 Å². The van der Waals surface area contributed by atoms with Gasteiger partial charge in [0.05, 0.1) is 18.9 Å². The van der Waals surface area contributed by atoms with Crippen molar-refractivity contribution in [2.45, 2.75) is 19.6 Å². The van der Waals surface area contributed by atoms with Crippen LogP contribution in [0.25, 0.3) is 0 Å². The van der Waals surface area contributed by atoms with Crippen molar-refractivity contribution in [1.82, 2.24) is 9.88 Å². The van der Waals surface area contributed by atoms with Crippen LogP contribution in [0.4, 0.5) is 5.13 Å². The molecule has 1 aliphatic rings. The molecule has 1 atom stereocenters. The zero-order valence-electron chi connectivity index (χ0n) is 13.9. The third kappa shape index (κ3) is 5.40. The second-order valence-electron chi connectivity index (χ2n) is 5.74. The van der Waals surface area contributed by atoms with Gasteiger partial charge in [0.2, 0.25) is 0 Å². The van der Waals surface area contributed by atoms with Crippen LogP contribution in [0.15, 0.2) is 29.6 Å². The van der Waals surface area contributed by atoms with Gasteiger partial charge in [-0.3, -0.25) is 15.0 Å². The highest BCUT2D eigenvalue weighted by Gasteiger charge is 2.17. The molecule has 0 aliphatic carbocycles. The average Bonchev–Trinajstić information content (AvgIpc) is 3.02. The predicted octanol–water partition coefficient (Wildman–Crippen LogP) is 3.03. The summed E-state index contributed by atoms with van der Waals surface area (Å²) in [5.74, 6) is 0.314. The molecule has 1 aromatic heterocycles. The van der Waals surface area contributed by atoms with Crippen LogP contribution in [0.1, 0.15) is 12.6 Å². The number of ether oxygens (including phenoxy) is 2. The van der Waals surface area contributed by atoms with E-state index in [1.807, 2.05) is 5.38 Å². The standard InChI is InChI=1S/C17H20ClN3O3S/c1-12(24-15-4-2-3-13(18)9-15)16(22)20-17-19-14(11-25-17)10-21-5-7-23-8-6-21/h2-4,9,11-12H,5-8,10H2,1H3,(H,19,20,22)/t12-/m0/s1. The first-order valence-corrected chi connectivity index (χ1v) is 9.33. The lowest BCUT2D eigenvalue weighted by Crippen LogP contribution is -2.35. The maximum Gasteiger partial charge on any atom is 0.266 e. The number of thiazole rings is 1. The molecule has 6 nitrogen and oxygen atoms in total. The highest BCUT2D eigenvalue weighted by atomic mass is 35.5. The van der Waals surface area contributed by atoms with Gasteiger partial charge in [-0.15, -0.1) is 11.3 Å². The lowest BCUT2D eigenvalue weighted by atomic mass is 10.3. The number of nitrogens with zero attached hydrogens (tertiary/aromatic N) is 2. The van der Waals surface area contributed by atoms with E-state index in [2.05, 4.69) is 15.2 Å². The Balaban J connectivity index is 1.52. The van der Waals surface area contributed by atoms with E-state index < -0.39 is 6.10 Å². The molecule has 1 saturated heterocycles. The minimum atomic E-state index is -0.648. The first-order chi connectivity index (χ1) is 12.1. The molecule has 1 N–H and O–H groups in total. The molecule has 25 heavy (non-hydrogen) atoms. The third-order valence-corrected chi connectivity index (χ3v) is 4.79. The van der Waals surface area contributed by atoms with Crippen molar-refractivity contribution >= 4 is 34.0 Å². The largest absolute Gasteiger partial charge is 0.481 e. The SMILES string of the molecule is C[C@H](Oc1cccc(Cl)c1)C(=O)Nc1nc(CN2CCOCC2)cs1. The number of benzene rings is 1. The summed E-state index contributed by atoms with van der Waals surface area (Å²) < 4.78 is 11.0. The van der Waals surface area contributed by atoms with Crippen molar-refractivity contribution in [3.05, 3.63) is 40.4 Å². The molecule has 1 amide bonds. The van der Waals surface area contributed by atoms with Gasteiger partial charge in [0.1, 0.15) is 5.75 Å². The zero-order valence-corrected chi connectivity index (χ0v) is 15.5. The Hall–Kier alpha value is -1.67. The summed E-state index contributed by atoms with van der Waals surface area (Å²) in [4.78, 5) is 19.0. The van der Waals surface area contributed by atoms with E-state index in [0.29, 0.717) is 15.9 Å². The van der Waals surface area contributed by atoms with E-state index in [1.54, 1.807) is 31.2 Å². The maximum atomic E-state index is 12.3. The number of morpholine rings is 1. The number of aromatic nitrogens is 1. The fourth-order valence-electron chi connectivity index (χ4n) is 2.43. The van der Waals surface area contributed by atoms with E-state index in [0.717, 1.165) is 38.5 Å². The zero-order chi connectivity index (χ0) is 17.6. The number of rotatable bonds is 6. The molecule has 2 heterocycles. The van der Waals surface area contributed by atoms with Crippen LogP contribution in [-0.2, 0) is 16.1 Å². The Morgan fingerprint density at radius 3 is 3.04 bits per heavy atom. The fraction of sp³-hybridized carbons (Fsp3) is 0.412. The fourth-order valence-corrected chi connectivity index (χ4v) is 3.32. The molecule has 2 aromatic rings. The Morgan fingerprint density at radius 2 is 2.28 bits per heavy atom. The molecule has 0 radical (unpaired) electrons. The van der Waals surface area contributed by atoms with Gasteiger partial charge in [-0.1, -0.05) is 17.7 Å². The molecule has 3 rings (SSSR count). The number of hydrogen-bond acceptors (Lipinski definition) is 6. The molecule has 0 unspecified atom stereocenters. The van der Waals surface area contributed by atoms with Crippen LogP contribution in [0.3, 0.4) is 0 Å². The molecule has 0 bridgehead atoms. The molecule has 0 spiro atoms. The monoisotopic (exact) mass is 381 g/mol. The van der Waals surface area contributed by atoms with E-state index >= 15 is 0 Å². The number of nitrogens with one attached hydrogen (secondary N) is 1. The first-order valence-electron chi connectivity index (χ1n) is 8.08. The molecule has 134 valence electrons. The summed E-state index contributed by atoms with van der Waals surface area (Å²) in [6.07, 6.45) is -0.648. The Bertz CT molecular complexity index is 719. The minimum absolute atomic E-state index is 0.243. The summed E-state index contributed by atoms with van der Waals surface area (Å²) in [6, 6.07) is 6.97. The summed E-state index contributed by atoms with van der Waals surface area (Å²) >= 11 is 7.33. The Labute approximate surface area is 155 Å². The van der Waals surface area contributed by atoms with Crippen LogP contribution in [-0.4, -0.2) is 48.2 Å². The smallest absolute Gasteiger partial charge is 0.266 e. The summed E-state index contributed by atoms with van der Waals surface area (Å²) in [5.41, 5.74) is 0.950. The van der Waals surface area contributed by atoms with E-state index in [1.165, 1.54) is 11.3 Å². The molecular formula is C17H20ClN3O3S. The second-order valence-corrected chi connectivity index (χ2v) is 7.03. The molecule has 1 aliphatic heterocycles. The van der Waals surface area contributed by atoms with Gasteiger partial charge in [0.25, 0.3) is 5.91 Å². The van der Waals surface area contributed by atoms with Crippen molar-refractivity contribution in [1.29, 1.82) is 0 Å². The van der Waals surface area contributed by atoms with Crippen molar-refractivity contribution < 1.29 is 14.3 Å². The van der Waals surface area contributed by atoms with Gasteiger partial charge in [0, 0.05) is 30.0 Å². The number of carbonyl (C=O) groups excluding carboxylic acids is 1. The number of halogens is 1. The molecule has 8 heteroatoms. The van der Waals surface area contributed by atoms with Crippen molar-refractivity contribution in [3.8, 4) is 5.75 Å². The van der Waals surface area contributed by atoms with Crippen LogP contribution in [0, 0.1) is 0 Å². The van der Waals surface area contributed by atoms with Gasteiger partial charge in [-0.05, 0) is 25.1 Å². The molecule has 0 saturated carbocycles. The van der Waals surface area contributed by atoms with Crippen molar-refractivity contribution in [2.24, 2.45) is 0 Å². The lowest BCUT2D eigenvalue weighted by Gasteiger charge is -2.25. The van der Waals surface area contributed by atoms with Gasteiger partial charge >= 0.3 is 0 Å². The number of carbonyl (C=O) groups is 1. The highest BCUT2D eigenvalue weighted by Crippen LogP contribution is 2.20. The topological polar surface area (TPSA) is 63.7 Å². The third-order valence-electron chi connectivity index (χ3n) is 3.75. The number of hydrogen-bond donors (Lipinski definition) is 1. The lowest BCUT2D eigenvalue weighted by molar-refractivity contribution is -0.122. The number of amides is 1. The Morgan fingerprint density at radius 1 is 1.48 bits per heavy atom. The quantitative estimate of drug-likeness (QED) is 0.833. The normalized spacial score (nSPS) is 16.4. The Kier molecular flexibility index (Phi) is 6.25. The average molecular weight is 382 g/mol. The highest BCUT2D eigenvalue weighted by molar-refractivity contribution is 7.13. The van der Waals surface area contributed by atoms with Gasteiger partial charge < -0.3 is 9.47 Å². The predicted molar refractivity (Wildman–Crippen MR) is 98.4 cm³/mol. The van der Waals surface area contributed by atoms with Crippen molar-refractivity contribution in [3.63, 3.8) is 0 Å². The molecular weight excluding hydrogens is 362 g/mol. The van der Waals surface area contributed by atoms with Crippen LogP contribution in [0.2, 0.25) is 5.02 Å². The van der Waals surface area contributed by atoms with E-state index in [4.69, 9.17) is 21.1 Å². The summed E-state index contributed by atoms with van der Waals surface area (Å²) in [5, 5.41) is 5.91. The van der Waals surface area contributed by atoms with Gasteiger partial charge in [0.15, 0.2) is 11.2 Å². The number of anilines is 1. The van der Waals surface area contributed by atoms with Gasteiger partial charge in [-0.2, -0.15) is 0 Å². The van der Waals surface area contributed by atoms with Crippen LogP contribution >= 0.6 is 22.9 Å². The molecule has 1 fully saturated rings. The second kappa shape index (κ2) is 8.62.